The van der Waals surface area contributed by atoms with Gasteiger partial charge >= 0.3 is 0 Å². The van der Waals surface area contributed by atoms with Gasteiger partial charge < -0.3 is 0 Å². The fourth-order valence-electron chi connectivity index (χ4n) is 2.13. The Morgan fingerprint density at radius 3 is 1.88 bits per heavy atom. The molecule has 0 amide bonds. The fraction of sp³-hybridized carbons (Fsp3) is 0.625. The van der Waals surface area contributed by atoms with Gasteiger partial charge in [-0.15, -0.1) is 12.6 Å². The smallest absolute Gasteiger partial charge is 0.00401 e. The minimum Gasteiger partial charge on any atom is -0.143 e. The molecule has 0 nitrogen and oxygen atoms in total. The van der Waals surface area contributed by atoms with Crippen LogP contribution in [0.3, 0.4) is 0 Å². The molecule has 0 unspecified atom stereocenters. The third kappa shape index (κ3) is 7.49. The number of hydrogen-bond acceptors (Lipinski definition) is 1. The molecule has 0 radical (unpaired) electrons. The zero-order valence-electron chi connectivity index (χ0n) is 11.1. The molecule has 0 aromatic heterocycles. The molecule has 0 atom stereocenters. The molecule has 0 aliphatic heterocycles. The van der Waals surface area contributed by atoms with Crippen molar-refractivity contribution in [3.05, 3.63) is 29.8 Å². The molecule has 17 heavy (non-hydrogen) atoms. The number of hydrogen-bond donors (Lipinski definition) is 1. The van der Waals surface area contributed by atoms with E-state index in [1.54, 1.807) is 0 Å². The molecular weight excluding hydrogens is 224 g/mol. The van der Waals surface area contributed by atoms with Crippen molar-refractivity contribution in [1.82, 2.24) is 0 Å². The van der Waals surface area contributed by atoms with Crippen molar-refractivity contribution in [1.29, 1.82) is 0 Å². The van der Waals surface area contributed by atoms with Crippen LogP contribution in [-0.2, 0) is 6.42 Å². The Balaban J connectivity index is 1.95. The highest BCUT2D eigenvalue weighted by Crippen LogP contribution is 2.13. The van der Waals surface area contributed by atoms with Crippen molar-refractivity contribution >= 4 is 12.6 Å². The molecule has 0 saturated heterocycles. The van der Waals surface area contributed by atoms with Crippen molar-refractivity contribution in [2.75, 3.05) is 0 Å². The normalized spacial score (nSPS) is 10.7. The summed E-state index contributed by atoms with van der Waals surface area (Å²) < 4.78 is 0. The summed E-state index contributed by atoms with van der Waals surface area (Å²) in [4.78, 5) is 1.06. The van der Waals surface area contributed by atoms with Crippen molar-refractivity contribution in [3.8, 4) is 0 Å². The van der Waals surface area contributed by atoms with Crippen LogP contribution >= 0.6 is 12.6 Å². The lowest BCUT2D eigenvalue weighted by molar-refractivity contribution is 0.575. The minimum absolute atomic E-state index is 1.06. The molecule has 0 bridgehead atoms. The van der Waals surface area contributed by atoms with E-state index in [0.29, 0.717) is 0 Å². The lowest BCUT2D eigenvalue weighted by Crippen LogP contribution is -1.86. The van der Waals surface area contributed by atoms with E-state index in [9.17, 15) is 0 Å². The van der Waals surface area contributed by atoms with Gasteiger partial charge in [-0.3, -0.25) is 0 Å². The monoisotopic (exact) mass is 250 g/mol. The van der Waals surface area contributed by atoms with Gasteiger partial charge in [0.25, 0.3) is 0 Å². The Hall–Kier alpha value is -0.430. The number of unbranched alkanes of at least 4 members (excludes halogenated alkanes) is 7. The number of aryl methyl sites for hydroxylation is 1. The van der Waals surface area contributed by atoms with E-state index < -0.39 is 0 Å². The second-order valence-electron chi connectivity index (χ2n) is 4.89. The van der Waals surface area contributed by atoms with Gasteiger partial charge in [0.2, 0.25) is 0 Å². The molecule has 1 rings (SSSR count). The first-order valence-electron chi connectivity index (χ1n) is 7.11. The third-order valence-electron chi connectivity index (χ3n) is 3.26. The SMILES string of the molecule is CCCCCCCCCCc1ccc(S)cc1. The van der Waals surface area contributed by atoms with Gasteiger partial charge in [-0.05, 0) is 30.5 Å². The Morgan fingerprint density at radius 1 is 0.765 bits per heavy atom. The molecule has 1 aromatic rings. The highest BCUT2D eigenvalue weighted by Gasteiger charge is 1.94. The number of benzene rings is 1. The first-order valence-corrected chi connectivity index (χ1v) is 7.55. The number of rotatable bonds is 9. The van der Waals surface area contributed by atoms with Crippen LogP contribution in [0.2, 0.25) is 0 Å². The lowest BCUT2D eigenvalue weighted by Gasteiger charge is -2.03. The van der Waals surface area contributed by atoms with Gasteiger partial charge in [0, 0.05) is 4.90 Å². The maximum Gasteiger partial charge on any atom is 0.00401 e. The minimum atomic E-state index is 1.06. The summed E-state index contributed by atoms with van der Waals surface area (Å²) in [6.45, 7) is 2.27. The number of thiol groups is 1. The Morgan fingerprint density at radius 2 is 1.29 bits per heavy atom. The molecule has 0 spiro atoms. The average Bonchev–Trinajstić information content (AvgIpc) is 2.35. The molecule has 0 aliphatic rings. The van der Waals surface area contributed by atoms with Crippen LogP contribution in [0.15, 0.2) is 29.2 Å². The summed E-state index contributed by atoms with van der Waals surface area (Å²) in [5, 5.41) is 0. The molecule has 1 aromatic carbocycles. The summed E-state index contributed by atoms with van der Waals surface area (Å²) in [5.74, 6) is 0. The zero-order valence-corrected chi connectivity index (χ0v) is 12.0. The quantitative estimate of drug-likeness (QED) is 0.424. The van der Waals surface area contributed by atoms with Crippen LogP contribution in [0.5, 0.6) is 0 Å². The first-order chi connectivity index (χ1) is 8.33. The van der Waals surface area contributed by atoms with E-state index in [-0.39, 0.29) is 0 Å². The van der Waals surface area contributed by atoms with Crippen LogP contribution in [0.1, 0.15) is 63.9 Å². The van der Waals surface area contributed by atoms with E-state index in [0.717, 1.165) is 4.90 Å². The first kappa shape index (κ1) is 14.6. The highest BCUT2D eigenvalue weighted by molar-refractivity contribution is 7.80. The predicted octanol–water partition coefficient (Wildman–Crippen LogP) is 5.66. The Bertz CT molecular complexity index is 276. The van der Waals surface area contributed by atoms with E-state index in [1.807, 2.05) is 0 Å². The van der Waals surface area contributed by atoms with Gasteiger partial charge in [-0.2, -0.15) is 0 Å². The molecule has 96 valence electrons. The molecular formula is C16H26S. The highest BCUT2D eigenvalue weighted by atomic mass is 32.1. The van der Waals surface area contributed by atoms with Gasteiger partial charge in [0.15, 0.2) is 0 Å². The van der Waals surface area contributed by atoms with Gasteiger partial charge in [0.05, 0.1) is 0 Å². The largest absolute Gasteiger partial charge is 0.143 e. The summed E-state index contributed by atoms with van der Waals surface area (Å²) in [5.41, 5.74) is 1.45. The van der Waals surface area contributed by atoms with Crippen molar-refractivity contribution in [2.45, 2.75) is 69.6 Å². The molecule has 0 fully saturated rings. The second-order valence-corrected chi connectivity index (χ2v) is 5.41. The predicted molar refractivity (Wildman–Crippen MR) is 80.0 cm³/mol. The van der Waals surface area contributed by atoms with Crippen LogP contribution in [0.4, 0.5) is 0 Å². The van der Waals surface area contributed by atoms with Gasteiger partial charge in [0.1, 0.15) is 0 Å². The third-order valence-corrected chi connectivity index (χ3v) is 3.55. The standard InChI is InChI=1S/C16H26S/c1-2-3-4-5-6-7-8-9-10-15-11-13-16(17)14-12-15/h11-14,17H,2-10H2,1H3. The Labute approximate surface area is 112 Å². The van der Waals surface area contributed by atoms with E-state index >= 15 is 0 Å². The average molecular weight is 250 g/mol. The summed E-state index contributed by atoms with van der Waals surface area (Å²) in [6.07, 6.45) is 12.4. The molecule has 0 saturated carbocycles. The molecule has 0 N–H and O–H groups in total. The van der Waals surface area contributed by atoms with Crippen molar-refractivity contribution < 1.29 is 0 Å². The summed E-state index contributed by atoms with van der Waals surface area (Å²) >= 11 is 4.30. The van der Waals surface area contributed by atoms with Crippen LogP contribution in [0.25, 0.3) is 0 Å². The van der Waals surface area contributed by atoms with Crippen LogP contribution in [0, 0.1) is 0 Å². The maximum absolute atomic E-state index is 4.30. The van der Waals surface area contributed by atoms with Crippen LogP contribution in [-0.4, -0.2) is 0 Å². The van der Waals surface area contributed by atoms with Gasteiger partial charge in [-0.1, -0.05) is 64.0 Å². The van der Waals surface area contributed by atoms with Crippen molar-refractivity contribution in [3.63, 3.8) is 0 Å². The Kier molecular flexibility index (Phi) is 8.25. The molecule has 0 aliphatic carbocycles. The molecule has 0 heterocycles. The zero-order chi connectivity index (χ0) is 12.3. The van der Waals surface area contributed by atoms with E-state index in [2.05, 4.69) is 43.8 Å². The van der Waals surface area contributed by atoms with Crippen LogP contribution < -0.4 is 0 Å². The van der Waals surface area contributed by atoms with E-state index in [1.165, 1.54) is 63.4 Å². The summed E-state index contributed by atoms with van der Waals surface area (Å²) in [7, 11) is 0. The van der Waals surface area contributed by atoms with E-state index in [4.69, 9.17) is 0 Å². The maximum atomic E-state index is 4.30. The summed E-state index contributed by atoms with van der Waals surface area (Å²) in [6, 6.07) is 8.57. The topological polar surface area (TPSA) is 0 Å². The molecule has 1 heteroatoms. The van der Waals surface area contributed by atoms with Gasteiger partial charge in [-0.25, -0.2) is 0 Å². The lowest BCUT2D eigenvalue weighted by atomic mass is 10.0. The second kappa shape index (κ2) is 9.58. The fourth-order valence-corrected chi connectivity index (χ4v) is 2.27. The van der Waals surface area contributed by atoms with Crippen molar-refractivity contribution in [2.24, 2.45) is 0 Å².